The first kappa shape index (κ1) is 9.71. The standard InChI is InChI=1S/C11H19N3/c1-8(12)7-14-9(2)13-10-5-3-4-6-11(10)14/h8H,3-7,12H2,1-2H3/t8-/m1/s1. The molecule has 0 unspecified atom stereocenters. The quantitative estimate of drug-likeness (QED) is 0.772. The van der Waals surface area contributed by atoms with Crippen molar-refractivity contribution in [3.63, 3.8) is 0 Å². The number of hydrogen-bond donors (Lipinski definition) is 1. The molecule has 78 valence electrons. The molecule has 1 atom stereocenters. The average molecular weight is 193 g/mol. The summed E-state index contributed by atoms with van der Waals surface area (Å²) in [6.07, 6.45) is 4.93. The second kappa shape index (κ2) is 3.73. The van der Waals surface area contributed by atoms with Gasteiger partial charge in [-0.1, -0.05) is 0 Å². The third kappa shape index (κ3) is 1.69. The van der Waals surface area contributed by atoms with E-state index < -0.39 is 0 Å². The lowest BCUT2D eigenvalue weighted by molar-refractivity contribution is 0.542. The van der Waals surface area contributed by atoms with Gasteiger partial charge in [0.05, 0.1) is 5.69 Å². The highest BCUT2D eigenvalue weighted by atomic mass is 15.1. The first-order chi connectivity index (χ1) is 6.68. The van der Waals surface area contributed by atoms with Crippen LogP contribution in [0.4, 0.5) is 0 Å². The fourth-order valence-electron chi connectivity index (χ4n) is 2.27. The third-order valence-corrected chi connectivity index (χ3v) is 2.89. The maximum absolute atomic E-state index is 5.84. The van der Waals surface area contributed by atoms with Crippen LogP contribution in [0.15, 0.2) is 0 Å². The van der Waals surface area contributed by atoms with Crippen molar-refractivity contribution in [3.05, 3.63) is 17.2 Å². The minimum Gasteiger partial charge on any atom is -0.330 e. The van der Waals surface area contributed by atoms with Gasteiger partial charge in [-0.05, 0) is 39.5 Å². The Bertz CT molecular complexity index is 326. The summed E-state index contributed by atoms with van der Waals surface area (Å²) in [7, 11) is 0. The van der Waals surface area contributed by atoms with Gasteiger partial charge in [-0.3, -0.25) is 0 Å². The van der Waals surface area contributed by atoms with Gasteiger partial charge < -0.3 is 10.3 Å². The van der Waals surface area contributed by atoms with Crippen LogP contribution in [0.3, 0.4) is 0 Å². The zero-order valence-corrected chi connectivity index (χ0v) is 9.08. The molecule has 0 saturated carbocycles. The molecule has 14 heavy (non-hydrogen) atoms. The summed E-state index contributed by atoms with van der Waals surface area (Å²) < 4.78 is 2.30. The molecule has 1 heterocycles. The second-order valence-electron chi connectivity index (χ2n) is 4.35. The van der Waals surface area contributed by atoms with E-state index in [0.29, 0.717) is 0 Å². The Labute approximate surface area is 85.3 Å². The first-order valence-corrected chi connectivity index (χ1v) is 5.49. The van der Waals surface area contributed by atoms with Gasteiger partial charge in [0.25, 0.3) is 0 Å². The van der Waals surface area contributed by atoms with Gasteiger partial charge >= 0.3 is 0 Å². The largest absolute Gasteiger partial charge is 0.330 e. The highest BCUT2D eigenvalue weighted by Crippen LogP contribution is 2.21. The topological polar surface area (TPSA) is 43.8 Å². The van der Waals surface area contributed by atoms with E-state index in [4.69, 9.17) is 5.73 Å². The molecule has 0 radical (unpaired) electrons. The summed E-state index contributed by atoms with van der Waals surface area (Å²) in [6, 6.07) is 0.217. The minimum absolute atomic E-state index is 0.217. The van der Waals surface area contributed by atoms with E-state index >= 15 is 0 Å². The van der Waals surface area contributed by atoms with Gasteiger partial charge in [-0.15, -0.1) is 0 Å². The molecule has 0 saturated heterocycles. The zero-order valence-electron chi connectivity index (χ0n) is 9.08. The van der Waals surface area contributed by atoms with Crippen molar-refractivity contribution < 1.29 is 0 Å². The maximum Gasteiger partial charge on any atom is 0.106 e. The number of nitrogens with zero attached hydrogens (tertiary/aromatic N) is 2. The van der Waals surface area contributed by atoms with Crippen LogP contribution in [0.25, 0.3) is 0 Å². The summed E-state index contributed by atoms with van der Waals surface area (Å²) >= 11 is 0. The highest BCUT2D eigenvalue weighted by molar-refractivity contribution is 5.20. The van der Waals surface area contributed by atoms with Crippen LogP contribution in [0.2, 0.25) is 0 Å². The summed E-state index contributed by atoms with van der Waals surface area (Å²) in [5.41, 5.74) is 8.59. The second-order valence-corrected chi connectivity index (χ2v) is 4.35. The number of fused-ring (bicyclic) bond motifs is 1. The SMILES string of the molecule is Cc1nc2c(n1C[C@@H](C)N)CCCC2. The van der Waals surface area contributed by atoms with Gasteiger partial charge in [-0.25, -0.2) is 4.98 Å². The molecule has 3 heteroatoms. The Balaban J connectivity index is 2.33. The van der Waals surface area contributed by atoms with Gasteiger partial charge in [-0.2, -0.15) is 0 Å². The Morgan fingerprint density at radius 2 is 2.14 bits per heavy atom. The third-order valence-electron chi connectivity index (χ3n) is 2.89. The van der Waals surface area contributed by atoms with E-state index in [1.165, 1.54) is 30.7 Å². The average Bonchev–Trinajstić information content (AvgIpc) is 2.43. The van der Waals surface area contributed by atoms with E-state index in [1.54, 1.807) is 0 Å². The Kier molecular flexibility index (Phi) is 2.59. The van der Waals surface area contributed by atoms with Crippen LogP contribution < -0.4 is 5.73 Å². The van der Waals surface area contributed by atoms with Gasteiger partial charge in [0, 0.05) is 18.3 Å². The van der Waals surface area contributed by atoms with Gasteiger partial charge in [0.1, 0.15) is 5.82 Å². The summed E-state index contributed by atoms with van der Waals surface area (Å²) in [6.45, 7) is 5.05. The van der Waals surface area contributed by atoms with Crippen molar-refractivity contribution in [1.29, 1.82) is 0 Å². The van der Waals surface area contributed by atoms with E-state index in [2.05, 4.69) is 23.4 Å². The summed E-state index contributed by atoms with van der Waals surface area (Å²) in [5.74, 6) is 1.13. The molecule has 1 aromatic rings. The normalized spacial score (nSPS) is 17.9. The lowest BCUT2D eigenvalue weighted by Crippen LogP contribution is -2.24. The number of imidazole rings is 1. The van der Waals surface area contributed by atoms with E-state index in [9.17, 15) is 0 Å². The number of rotatable bonds is 2. The fraction of sp³-hybridized carbons (Fsp3) is 0.727. The van der Waals surface area contributed by atoms with E-state index in [0.717, 1.165) is 18.8 Å². The predicted molar refractivity (Wildman–Crippen MR) is 57.3 cm³/mol. The zero-order chi connectivity index (χ0) is 10.1. The minimum atomic E-state index is 0.217. The molecule has 0 spiro atoms. The van der Waals surface area contributed by atoms with E-state index in [1.807, 2.05) is 0 Å². The first-order valence-electron chi connectivity index (χ1n) is 5.49. The number of nitrogens with two attached hydrogens (primary N) is 1. The molecule has 0 amide bonds. The van der Waals surface area contributed by atoms with E-state index in [-0.39, 0.29) is 6.04 Å². The van der Waals surface area contributed by atoms with Gasteiger partial charge in [0.15, 0.2) is 0 Å². The van der Waals surface area contributed by atoms with Crippen LogP contribution in [0, 0.1) is 6.92 Å². The van der Waals surface area contributed by atoms with Crippen molar-refractivity contribution in [2.24, 2.45) is 5.73 Å². The van der Waals surface area contributed by atoms with Crippen LogP contribution in [-0.4, -0.2) is 15.6 Å². The Morgan fingerprint density at radius 1 is 1.43 bits per heavy atom. The summed E-state index contributed by atoms with van der Waals surface area (Å²) in [4.78, 5) is 4.61. The van der Waals surface area contributed by atoms with Gasteiger partial charge in [0.2, 0.25) is 0 Å². The van der Waals surface area contributed by atoms with Crippen LogP contribution in [0.5, 0.6) is 0 Å². The maximum atomic E-state index is 5.84. The molecule has 1 aromatic heterocycles. The molecule has 1 aliphatic carbocycles. The molecular weight excluding hydrogens is 174 g/mol. The molecule has 3 nitrogen and oxygen atoms in total. The smallest absolute Gasteiger partial charge is 0.106 e. The lowest BCUT2D eigenvalue weighted by atomic mass is 10.0. The highest BCUT2D eigenvalue weighted by Gasteiger charge is 2.18. The van der Waals surface area contributed by atoms with Crippen molar-refractivity contribution in [1.82, 2.24) is 9.55 Å². The predicted octanol–water partition coefficient (Wildman–Crippen LogP) is 1.42. The molecule has 0 bridgehead atoms. The molecule has 0 fully saturated rings. The Morgan fingerprint density at radius 3 is 2.86 bits per heavy atom. The monoisotopic (exact) mass is 193 g/mol. The molecule has 1 aliphatic rings. The Hall–Kier alpha value is -0.830. The number of aromatic nitrogens is 2. The van der Waals surface area contributed by atoms with Crippen LogP contribution in [0.1, 0.15) is 37.0 Å². The van der Waals surface area contributed by atoms with Crippen molar-refractivity contribution in [2.75, 3.05) is 0 Å². The lowest BCUT2D eigenvalue weighted by Gasteiger charge is -2.16. The molecule has 2 N–H and O–H groups in total. The van der Waals surface area contributed by atoms with Crippen molar-refractivity contribution >= 4 is 0 Å². The van der Waals surface area contributed by atoms with Crippen molar-refractivity contribution in [2.45, 2.75) is 52.1 Å². The number of aryl methyl sites for hydroxylation is 2. The number of hydrogen-bond acceptors (Lipinski definition) is 2. The molecule has 0 aromatic carbocycles. The fourth-order valence-corrected chi connectivity index (χ4v) is 2.27. The molecular formula is C11H19N3. The van der Waals surface area contributed by atoms with Crippen LogP contribution >= 0.6 is 0 Å². The molecule has 2 rings (SSSR count). The van der Waals surface area contributed by atoms with Crippen molar-refractivity contribution in [3.8, 4) is 0 Å². The summed E-state index contributed by atoms with van der Waals surface area (Å²) in [5, 5.41) is 0. The van der Waals surface area contributed by atoms with Crippen LogP contribution in [-0.2, 0) is 19.4 Å². The molecule has 0 aliphatic heterocycles.